The molecule has 0 unspecified atom stereocenters. The van der Waals surface area contributed by atoms with Crippen LogP contribution in [0.25, 0.3) is 11.3 Å². The Hall–Kier alpha value is -1.70. The van der Waals surface area contributed by atoms with Crippen LogP contribution in [0.3, 0.4) is 0 Å². The summed E-state index contributed by atoms with van der Waals surface area (Å²) in [6.45, 7) is 14.3. The molecule has 1 N–H and O–H groups in total. The van der Waals surface area contributed by atoms with Gasteiger partial charge in [0.1, 0.15) is 10.6 Å². The van der Waals surface area contributed by atoms with Crippen molar-refractivity contribution >= 4 is 44.5 Å². The molecule has 0 saturated carbocycles. The second-order valence-electron chi connectivity index (χ2n) is 11.2. The Bertz CT molecular complexity index is 1160. The Morgan fingerprint density at radius 1 is 1.06 bits per heavy atom. The van der Waals surface area contributed by atoms with Crippen LogP contribution >= 0.6 is 38.6 Å². The molecule has 0 spiro atoms. The first-order valence-corrected chi connectivity index (χ1v) is 14.3. The minimum absolute atomic E-state index is 0.119. The molecule has 0 atom stereocenters. The number of nitrogens with zero attached hydrogens (tertiary/aromatic N) is 2. The Kier molecular flexibility index (Phi) is 7.02. The monoisotopic (exact) mass is 560 g/mol. The van der Waals surface area contributed by atoms with Crippen LogP contribution in [0.4, 0.5) is 0 Å². The van der Waals surface area contributed by atoms with Gasteiger partial charge in [-0.2, -0.15) is 0 Å². The molecule has 1 amide bonds. The topological polar surface area (TPSA) is 53.4 Å². The molecule has 2 aromatic heterocycles. The van der Waals surface area contributed by atoms with Crippen molar-refractivity contribution in [3.63, 3.8) is 0 Å². The van der Waals surface area contributed by atoms with Crippen molar-refractivity contribution in [1.29, 1.82) is 0 Å². The number of carbonyl (C=O) groups excluding carboxylic acids is 1. The van der Waals surface area contributed by atoms with Gasteiger partial charge in [0.05, 0.1) is 10.7 Å². The maximum absolute atomic E-state index is 12.8. The number of likely N-dealkylation sites (tertiary alicyclic amines) is 1. The van der Waals surface area contributed by atoms with Gasteiger partial charge in [-0.05, 0) is 63.2 Å². The fraction of sp³-hybridized carbons (Fsp3) is 0.481. The number of amides is 1. The third-order valence-electron chi connectivity index (χ3n) is 6.49. The number of carbonyl (C=O) groups is 1. The number of halogens is 1. The second-order valence-corrected chi connectivity index (χ2v) is 13.8. The normalized spacial score (nSPS) is 15.7. The van der Waals surface area contributed by atoms with Gasteiger partial charge in [0.25, 0.3) is 5.91 Å². The van der Waals surface area contributed by atoms with E-state index in [9.17, 15) is 9.90 Å². The van der Waals surface area contributed by atoms with Crippen LogP contribution in [0.1, 0.15) is 86.1 Å². The molecule has 1 aliphatic rings. The van der Waals surface area contributed by atoms with E-state index in [1.54, 1.807) is 11.3 Å². The average molecular weight is 562 g/mol. The van der Waals surface area contributed by atoms with E-state index in [1.165, 1.54) is 11.3 Å². The predicted octanol–water partition coefficient (Wildman–Crippen LogP) is 7.95. The predicted molar refractivity (Wildman–Crippen MR) is 147 cm³/mol. The summed E-state index contributed by atoms with van der Waals surface area (Å²) >= 11 is 6.68. The summed E-state index contributed by atoms with van der Waals surface area (Å²) in [6.07, 6.45) is 1.86. The molecule has 34 heavy (non-hydrogen) atoms. The van der Waals surface area contributed by atoms with E-state index in [-0.39, 0.29) is 16.7 Å². The Balaban J connectivity index is 1.55. The zero-order valence-corrected chi connectivity index (χ0v) is 24.0. The highest BCUT2D eigenvalue weighted by Gasteiger charge is 2.29. The summed E-state index contributed by atoms with van der Waals surface area (Å²) in [5.74, 6) is 0.887. The molecule has 1 saturated heterocycles. The minimum Gasteiger partial charge on any atom is -0.507 e. The van der Waals surface area contributed by atoms with Crippen molar-refractivity contribution in [3.8, 4) is 17.0 Å². The number of benzene rings is 1. The van der Waals surface area contributed by atoms with Gasteiger partial charge in [0.15, 0.2) is 0 Å². The van der Waals surface area contributed by atoms with Crippen LogP contribution < -0.4 is 0 Å². The van der Waals surface area contributed by atoms with Crippen molar-refractivity contribution in [2.45, 2.75) is 71.1 Å². The Morgan fingerprint density at radius 2 is 1.65 bits per heavy atom. The summed E-state index contributed by atoms with van der Waals surface area (Å²) < 4.78 is 0.882. The quantitative estimate of drug-likeness (QED) is 0.353. The van der Waals surface area contributed by atoms with Crippen LogP contribution in [0.2, 0.25) is 0 Å². The second kappa shape index (κ2) is 9.40. The van der Waals surface area contributed by atoms with Crippen LogP contribution in [-0.2, 0) is 10.8 Å². The fourth-order valence-electron chi connectivity index (χ4n) is 4.45. The molecule has 0 radical (unpaired) electrons. The highest BCUT2D eigenvalue weighted by atomic mass is 79.9. The molecule has 1 aliphatic heterocycles. The van der Waals surface area contributed by atoms with Crippen molar-refractivity contribution in [1.82, 2.24) is 9.88 Å². The number of hydrogen-bond donors (Lipinski definition) is 1. The number of hydrogen-bond acceptors (Lipinski definition) is 5. The van der Waals surface area contributed by atoms with Gasteiger partial charge >= 0.3 is 0 Å². The number of aromatic nitrogens is 1. The fourth-order valence-corrected chi connectivity index (χ4v) is 6.96. The molecule has 7 heteroatoms. The zero-order valence-electron chi connectivity index (χ0n) is 20.7. The van der Waals surface area contributed by atoms with Crippen molar-refractivity contribution in [2.24, 2.45) is 0 Å². The molecule has 3 heterocycles. The third kappa shape index (κ3) is 5.12. The van der Waals surface area contributed by atoms with Gasteiger partial charge < -0.3 is 10.0 Å². The van der Waals surface area contributed by atoms with Crippen molar-refractivity contribution in [2.75, 3.05) is 13.1 Å². The third-order valence-corrected chi connectivity index (χ3v) is 9.32. The number of rotatable bonds is 3. The molecule has 0 aliphatic carbocycles. The maximum Gasteiger partial charge on any atom is 0.265 e. The van der Waals surface area contributed by atoms with E-state index in [0.717, 1.165) is 62.7 Å². The van der Waals surface area contributed by atoms with E-state index >= 15 is 0 Å². The van der Waals surface area contributed by atoms with Crippen molar-refractivity contribution < 1.29 is 9.90 Å². The van der Waals surface area contributed by atoms with Gasteiger partial charge in [0, 0.05) is 45.6 Å². The lowest BCUT2D eigenvalue weighted by Gasteiger charge is -2.31. The minimum atomic E-state index is -0.171. The van der Waals surface area contributed by atoms with Gasteiger partial charge in [-0.25, -0.2) is 4.98 Å². The van der Waals surface area contributed by atoms with E-state index in [2.05, 4.69) is 75.0 Å². The van der Waals surface area contributed by atoms with E-state index in [1.807, 2.05) is 16.3 Å². The number of thiazole rings is 1. The summed E-state index contributed by atoms with van der Waals surface area (Å²) in [7, 11) is 0. The molecular weight excluding hydrogens is 528 g/mol. The molecule has 1 aromatic carbocycles. The van der Waals surface area contributed by atoms with E-state index in [0.29, 0.717) is 11.7 Å². The van der Waals surface area contributed by atoms with Crippen LogP contribution in [0, 0.1) is 0 Å². The molecule has 182 valence electrons. The SMILES string of the molecule is CC(C)(C)c1cc(-c2csc(C3CCN(C(=O)c4sccc4Br)CC3)n2)cc(C(C)(C)C)c1O. The number of piperidine rings is 1. The molecule has 4 nitrogen and oxygen atoms in total. The van der Waals surface area contributed by atoms with Gasteiger partial charge in [-0.15, -0.1) is 22.7 Å². The highest BCUT2D eigenvalue weighted by Crippen LogP contribution is 2.43. The Morgan fingerprint density at radius 3 is 2.15 bits per heavy atom. The Labute approximate surface area is 219 Å². The van der Waals surface area contributed by atoms with Crippen LogP contribution in [-0.4, -0.2) is 34.0 Å². The summed E-state index contributed by atoms with van der Waals surface area (Å²) in [5, 5.41) is 16.3. The first-order valence-electron chi connectivity index (χ1n) is 11.7. The molecule has 0 bridgehead atoms. The summed E-state index contributed by atoms with van der Waals surface area (Å²) in [5.41, 5.74) is 3.60. The van der Waals surface area contributed by atoms with Crippen LogP contribution in [0.5, 0.6) is 5.75 Å². The highest BCUT2D eigenvalue weighted by molar-refractivity contribution is 9.10. The molecule has 1 fully saturated rings. The van der Waals surface area contributed by atoms with Gasteiger partial charge in [-0.3, -0.25) is 4.79 Å². The molecule has 3 aromatic rings. The lowest BCUT2D eigenvalue weighted by Crippen LogP contribution is -2.37. The first kappa shape index (κ1) is 25.4. The average Bonchev–Trinajstić information content (AvgIpc) is 3.41. The largest absolute Gasteiger partial charge is 0.507 e. The van der Waals surface area contributed by atoms with Crippen LogP contribution in [0.15, 0.2) is 33.4 Å². The molecular formula is C27H33BrN2O2S2. The van der Waals surface area contributed by atoms with E-state index < -0.39 is 0 Å². The zero-order chi connectivity index (χ0) is 24.8. The lowest BCUT2D eigenvalue weighted by atomic mass is 9.78. The smallest absolute Gasteiger partial charge is 0.265 e. The summed E-state index contributed by atoms with van der Waals surface area (Å²) in [6, 6.07) is 6.13. The first-order chi connectivity index (χ1) is 15.9. The maximum atomic E-state index is 12.8. The molecule has 4 rings (SSSR count). The number of aromatic hydroxyl groups is 1. The van der Waals surface area contributed by atoms with Gasteiger partial charge in [-0.1, -0.05) is 41.5 Å². The standard InChI is InChI=1S/C27H33BrN2O2S2/c1-26(2,3)18-13-17(14-19(22(18)31)27(4,5)6)21-15-34-24(29-21)16-7-10-30(11-8-16)25(32)23-20(28)9-12-33-23/h9,12-16,31H,7-8,10-11H2,1-6H3. The number of phenols is 1. The lowest BCUT2D eigenvalue weighted by molar-refractivity contribution is 0.0717. The van der Waals surface area contributed by atoms with Gasteiger partial charge in [0.2, 0.25) is 0 Å². The summed E-state index contributed by atoms with van der Waals surface area (Å²) in [4.78, 5) is 20.6. The number of thiophene rings is 1. The number of phenolic OH excluding ortho intramolecular Hbond substituents is 1. The van der Waals surface area contributed by atoms with Crippen molar-refractivity contribution in [3.05, 3.63) is 54.4 Å². The van der Waals surface area contributed by atoms with E-state index in [4.69, 9.17) is 4.98 Å².